The number of H-pyrrole nitrogens is 1. The molecular weight excluding hydrogens is 206 g/mol. The summed E-state index contributed by atoms with van der Waals surface area (Å²) in [6.07, 6.45) is 0. The van der Waals surface area contributed by atoms with Crippen LogP contribution < -0.4 is 11.5 Å². The fourth-order valence-corrected chi connectivity index (χ4v) is 1.35. The lowest BCUT2D eigenvalue weighted by molar-refractivity contribution is 0.388. The molecule has 0 radical (unpaired) electrons. The van der Waals surface area contributed by atoms with Crippen molar-refractivity contribution < 1.29 is 4.52 Å². The maximum absolute atomic E-state index is 10.7. The quantitative estimate of drug-likeness (QED) is 0.696. The normalized spacial score (nSPS) is 10.4. The molecule has 0 aliphatic carbocycles. The van der Waals surface area contributed by atoms with Gasteiger partial charge in [-0.15, -0.1) is 0 Å². The largest absolute Gasteiger partial charge is 0.439 e. The van der Waals surface area contributed by atoms with Crippen LogP contribution in [-0.2, 0) is 0 Å². The molecule has 2 aromatic rings. The van der Waals surface area contributed by atoms with E-state index in [1.165, 1.54) is 0 Å². The van der Waals surface area contributed by atoms with E-state index in [1.54, 1.807) is 18.2 Å². The average Bonchev–Trinajstić information content (AvgIpc) is 2.51. The Labute approximate surface area is 83.5 Å². The Kier molecular flexibility index (Phi) is 2.01. The molecule has 5 nitrogen and oxygen atoms in total. The van der Waals surface area contributed by atoms with Gasteiger partial charge >= 0.3 is 5.76 Å². The van der Waals surface area contributed by atoms with Gasteiger partial charge in [-0.1, -0.05) is 16.8 Å². The first-order chi connectivity index (χ1) is 6.66. The third-order valence-corrected chi connectivity index (χ3v) is 2.00. The van der Waals surface area contributed by atoms with Gasteiger partial charge in [-0.05, 0) is 18.2 Å². The summed E-state index contributed by atoms with van der Waals surface area (Å²) >= 11 is 5.89. The molecule has 0 unspecified atom stereocenters. The highest BCUT2D eigenvalue weighted by Crippen LogP contribution is 2.26. The van der Waals surface area contributed by atoms with Gasteiger partial charge in [-0.3, -0.25) is 9.51 Å². The first-order valence-electron chi connectivity index (χ1n) is 3.78. The van der Waals surface area contributed by atoms with Gasteiger partial charge in [-0.25, -0.2) is 4.79 Å². The van der Waals surface area contributed by atoms with Crippen LogP contribution in [0.25, 0.3) is 11.4 Å². The lowest BCUT2D eigenvalue weighted by Crippen LogP contribution is -1.95. The Hall–Kier alpha value is -1.75. The molecule has 0 bridgehead atoms. The fourth-order valence-electron chi connectivity index (χ4n) is 1.07. The zero-order chi connectivity index (χ0) is 10.1. The predicted molar refractivity (Wildman–Crippen MR) is 52.0 cm³/mol. The van der Waals surface area contributed by atoms with Crippen molar-refractivity contribution in [3.8, 4) is 11.4 Å². The van der Waals surface area contributed by atoms with Crippen LogP contribution >= 0.6 is 11.6 Å². The molecule has 72 valence electrons. The number of nitrogens with two attached hydrogens (primary N) is 1. The third kappa shape index (κ3) is 1.49. The number of hydrogen-bond acceptors (Lipinski definition) is 4. The summed E-state index contributed by atoms with van der Waals surface area (Å²) in [4.78, 5) is 13.1. The van der Waals surface area contributed by atoms with Gasteiger partial charge in [0.1, 0.15) is 0 Å². The SMILES string of the molecule is Nc1ccc(-c2noc(=O)[nH]2)c(Cl)c1. The maximum atomic E-state index is 10.7. The van der Waals surface area contributed by atoms with Gasteiger partial charge in [0.25, 0.3) is 0 Å². The number of rotatable bonds is 1. The number of nitrogen functional groups attached to an aromatic ring is 1. The summed E-state index contributed by atoms with van der Waals surface area (Å²) in [5.74, 6) is -0.326. The second-order valence-corrected chi connectivity index (χ2v) is 3.09. The van der Waals surface area contributed by atoms with Crippen LogP contribution in [0.15, 0.2) is 27.5 Å². The van der Waals surface area contributed by atoms with Gasteiger partial charge in [0.15, 0.2) is 5.82 Å². The van der Waals surface area contributed by atoms with Crippen molar-refractivity contribution in [3.05, 3.63) is 33.8 Å². The third-order valence-electron chi connectivity index (χ3n) is 1.69. The van der Waals surface area contributed by atoms with E-state index < -0.39 is 5.76 Å². The van der Waals surface area contributed by atoms with Gasteiger partial charge in [0.05, 0.1) is 5.02 Å². The lowest BCUT2D eigenvalue weighted by atomic mass is 10.2. The molecule has 1 aromatic heterocycles. The second-order valence-electron chi connectivity index (χ2n) is 2.68. The van der Waals surface area contributed by atoms with E-state index in [1.807, 2.05) is 0 Å². The summed E-state index contributed by atoms with van der Waals surface area (Å²) in [6.45, 7) is 0. The molecule has 14 heavy (non-hydrogen) atoms. The summed E-state index contributed by atoms with van der Waals surface area (Å²) in [6, 6.07) is 4.89. The molecule has 0 saturated heterocycles. The average molecular weight is 212 g/mol. The Bertz CT molecular complexity index is 517. The molecule has 0 atom stereocenters. The van der Waals surface area contributed by atoms with Gasteiger partial charge in [0.2, 0.25) is 0 Å². The van der Waals surface area contributed by atoms with E-state index in [9.17, 15) is 4.79 Å². The van der Waals surface area contributed by atoms with E-state index in [2.05, 4.69) is 14.7 Å². The van der Waals surface area contributed by atoms with Gasteiger partial charge in [0, 0.05) is 11.3 Å². The Morgan fingerprint density at radius 1 is 1.50 bits per heavy atom. The predicted octanol–water partition coefficient (Wildman–Crippen LogP) is 1.27. The molecule has 0 aliphatic heterocycles. The molecule has 0 fully saturated rings. The first kappa shape index (κ1) is 8.83. The molecular formula is C8H6ClN3O2. The van der Waals surface area contributed by atoms with Crippen molar-refractivity contribution in [2.45, 2.75) is 0 Å². The minimum atomic E-state index is -0.618. The second kappa shape index (κ2) is 3.19. The molecule has 0 aliphatic rings. The molecule has 1 heterocycles. The van der Waals surface area contributed by atoms with Crippen molar-refractivity contribution in [1.29, 1.82) is 0 Å². The van der Waals surface area contributed by atoms with Crippen LogP contribution in [0.3, 0.4) is 0 Å². The molecule has 0 spiro atoms. The molecule has 6 heteroatoms. The van der Waals surface area contributed by atoms with Crippen molar-refractivity contribution in [2.24, 2.45) is 0 Å². The highest BCUT2D eigenvalue weighted by molar-refractivity contribution is 6.33. The number of nitrogens with one attached hydrogen (secondary N) is 1. The van der Waals surface area contributed by atoms with Crippen LogP contribution in [0, 0.1) is 0 Å². The molecule has 0 amide bonds. The van der Waals surface area contributed by atoms with E-state index in [0.717, 1.165) is 0 Å². The van der Waals surface area contributed by atoms with Crippen LogP contribution in [0.4, 0.5) is 5.69 Å². The molecule has 0 saturated carbocycles. The lowest BCUT2D eigenvalue weighted by Gasteiger charge is -1.99. The van der Waals surface area contributed by atoms with Crippen LogP contribution in [-0.4, -0.2) is 10.1 Å². The summed E-state index contributed by atoms with van der Waals surface area (Å²) < 4.78 is 4.35. The van der Waals surface area contributed by atoms with Crippen molar-refractivity contribution in [2.75, 3.05) is 5.73 Å². The zero-order valence-electron chi connectivity index (χ0n) is 6.95. The van der Waals surface area contributed by atoms with Crippen LogP contribution in [0.2, 0.25) is 5.02 Å². The summed E-state index contributed by atoms with van der Waals surface area (Å²) in [5.41, 5.74) is 6.63. The van der Waals surface area contributed by atoms with E-state index in [-0.39, 0.29) is 0 Å². The van der Waals surface area contributed by atoms with Gasteiger partial charge in [-0.2, -0.15) is 0 Å². The number of halogens is 1. The van der Waals surface area contributed by atoms with E-state index in [4.69, 9.17) is 17.3 Å². The molecule has 3 N–H and O–H groups in total. The van der Waals surface area contributed by atoms with E-state index >= 15 is 0 Å². The number of aromatic amines is 1. The number of nitrogens with zero attached hydrogens (tertiary/aromatic N) is 1. The smallest absolute Gasteiger partial charge is 0.399 e. The number of hydrogen-bond donors (Lipinski definition) is 2. The monoisotopic (exact) mass is 211 g/mol. The zero-order valence-corrected chi connectivity index (χ0v) is 7.71. The van der Waals surface area contributed by atoms with Crippen LogP contribution in [0.1, 0.15) is 0 Å². The standard InChI is InChI=1S/C8H6ClN3O2/c9-6-3-4(10)1-2-5(6)7-11-8(13)14-12-7/h1-3H,10H2,(H,11,12,13). The first-order valence-corrected chi connectivity index (χ1v) is 4.16. The Morgan fingerprint density at radius 2 is 2.29 bits per heavy atom. The van der Waals surface area contributed by atoms with Crippen LogP contribution in [0.5, 0.6) is 0 Å². The van der Waals surface area contributed by atoms with Crippen molar-refractivity contribution in [1.82, 2.24) is 10.1 Å². The Morgan fingerprint density at radius 3 is 2.86 bits per heavy atom. The summed E-state index contributed by atoms with van der Waals surface area (Å²) in [7, 11) is 0. The van der Waals surface area contributed by atoms with Gasteiger partial charge < -0.3 is 5.73 Å². The van der Waals surface area contributed by atoms with Crippen molar-refractivity contribution in [3.63, 3.8) is 0 Å². The number of anilines is 1. The molecule has 1 aromatic carbocycles. The minimum absolute atomic E-state index is 0.292. The van der Waals surface area contributed by atoms with E-state index in [0.29, 0.717) is 22.1 Å². The minimum Gasteiger partial charge on any atom is -0.399 e. The summed E-state index contributed by atoms with van der Waals surface area (Å²) in [5, 5.41) is 3.92. The highest BCUT2D eigenvalue weighted by Gasteiger charge is 2.08. The fraction of sp³-hybridized carbons (Fsp3) is 0. The topological polar surface area (TPSA) is 84.9 Å². The number of benzene rings is 1. The maximum Gasteiger partial charge on any atom is 0.439 e. The molecule has 2 rings (SSSR count). The number of aromatic nitrogens is 2. The Balaban J connectivity index is 2.57. The van der Waals surface area contributed by atoms with Crippen molar-refractivity contribution >= 4 is 17.3 Å². The highest BCUT2D eigenvalue weighted by atomic mass is 35.5.